The number of aliphatic hydroxyl groups excluding tert-OH is 2. The molecule has 0 unspecified atom stereocenters. The van der Waals surface area contributed by atoms with Gasteiger partial charge in [-0.1, -0.05) is 30.9 Å². The Morgan fingerprint density at radius 2 is 1.88 bits per heavy atom. The first-order chi connectivity index (χ1) is 12.2. The molecule has 2 aliphatic rings. The van der Waals surface area contributed by atoms with Gasteiger partial charge in [0.1, 0.15) is 12.4 Å². The van der Waals surface area contributed by atoms with Crippen molar-refractivity contribution in [1.29, 1.82) is 0 Å². The van der Waals surface area contributed by atoms with Crippen molar-refractivity contribution < 1.29 is 14.9 Å². The average Bonchev–Trinajstić information content (AvgIpc) is 2.62. The lowest BCUT2D eigenvalue weighted by Crippen LogP contribution is -2.55. The van der Waals surface area contributed by atoms with Crippen LogP contribution >= 0.6 is 0 Å². The second kappa shape index (κ2) is 8.81. The fraction of sp³-hybridized carbons (Fsp3) is 0.600. The molecule has 2 heterocycles. The molecule has 0 radical (unpaired) electrons. The van der Waals surface area contributed by atoms with Crippen LogP contribution < -0.4 is 4.74 Å². The maximum absolute atomic E-state index is 10.7. The summed E-state index contributed by atoms with van der Waals surface area (Å²) in [5.41, 5.74) is 1.15. The highest BCUT2D eigenvalue weighted by atomic mass is 16.5. The van der Waals surface area contributed by atoms with Gasteiger partial charge in [-0.05, 0) is 25.3 Å². The number of hydrogen-bond acceptors (Lipinski definition) is 5. The second-order valence-corrected chi connectivity index (χ2v) is 7.13. The minimum Gasteiger partial charge on any atom is -0.489 e. The number of likely N-dealkylation sites (tertiary alicyclic amines) is 2. The molecule has 0 aliphatic carbocycles. The van der Waals surface area contributed by atoms with Crippen LogP contribution in [0.4, 0.5) is 0 Å². The Morgan fingerprint density at radius 1 is 1.12 bits per heavy atom. The summed E-state index contributed by atoms with van der Waals surface area (Å²) < 4.78 is 5.74. The molecule has 2 fully saturated rings. The highest BCUT2D eigenvalue weighted by Crippen LogP contribution is 2.25. The molecule has 2 aliphatic heterocycles. The fourth-order valence-electron chi connectivity index (χ4n) is 3.94. The largest absolute Gasteiger partial charge is 0.489 e. The minimum atomic E-state index is -0.342. The Bertz CT molecular complexity index is 558. The van der Waals surface area contributed by atoms with Crippen LogP contribution in [-0.4, -0.2) is 71.0 Å². The van der Waals surface area contributed by atoms with Crippen molar-refractivity contribution in [3.63, 3.8) is 0 Å². The third-order valence-electron chi connectivity index (χ3n) is 5.32. The average molecular weight is 346 g/mol. The van der Waals surface area contributed by atoms with Crippen LogP contribution in [0, 0.1) is 0 Å². The molecule has 0 saturated carbocycles. The molecule has 5 heteroatoms. The normalized spacial score (nSPS) is 26.5. The van der Waals surface area contributed by atoms with Gasteiger partial charge in [-0.25, -0.2) is 0 Å². The van der Waals surface area contributed by atoms with E-state index in [1.165, 1.54) is 0 Å². The van der Waals surface area contributed by atoms with E-state index >= 15 is 0 Å². The molecule has 2 saturated heterocycles. The number of hydrogen-bond donors (Lipinski definition) is 2. The fourth-order valence-corrected chi connectivity index (χ4v) is 3.94. The first-order valence-electron chi connectivity index (χ1n) is 9.31. The van der Waals surface area contributed by atoms with Crippen molar-refractivity contribution in [2.45, 2.75) is 44.1 Å². The van der Waals surface area contributed by atoms with Gasteiger partial charge < -0.3 is 14.9 Å². The number of nitrogens with zero attached hydrogens (tertiary/aromatic N) is 2. The van der Waals surface area contributed by atoms with Gasteiger partial charge in [0.25, 0.3) is 0 Å². The van der Waals surface area contributed by atoms with Crippen molar-refractivity contribution in [2.24, 2.45) is 0 Å². The SMILES string of the molecule is C=CCOc1ccccc1CN1CC[C@@H](N2CCC(O)CC2)[C@H](O)C1. The van der Waals surface area contributed by atoms with Crippen LogP contribution in [0.1, 0.15) is 24.8 Å². The van der Waals surface area contributed by atoms with Crippen molar-refractivity contribution in [2.75, 3.05) is 32.8 Å². The van der Waals surface area contributed by atoms with Crippen LogP contribution in [0.25, 0.3) is 0 Å². The highest BCUT2D eigenvalue weighted by Gasteiger charge is 2.33. The summed E-state index contributed by atoms with van der Waals surface area (Å²) in [6, 6.07) is 8.30. The van der Waals surface area contributed by atoms with Gasteiger partial charge in [-0.15, -0.1) is 0 Å². The summed E-state index contributed by atoms with van der Waals surface area (Å²) in [5.74, 6) is 0.893. The predicted octanol–water partition coefficient (Wildman–Crippen LogP) is 1.64. The molecular weight excluding hydrogens is 316 g/mol. The van der Waals surface area contributed by atoms with Crippen molar-refractivity contribution in [1.82, 2.24) is 9.80 Å². The van der Waals surface area contributed by atoms with Gasteiger partial charge >= 0.3 is 0 Å². The molecule has 2 N–H and O–H groups in total. The molecule has 1 aromatic rings. The summed E-state index contributed by atoms with van der Waals surface area (Å²) in [4.78, 5) is 4.66. The van der Waals surface area contributed by atoms with E-state index < -0.39 is 0 Å². The highest BCUT2D eigenvalue weighted by molar-refractivity contribution is 5.33. The summed E-state index contributed by atoms with van der Waals surface area (Å²) >= 11 is 0. The smallest absolute Gasteiger partial charge is 0.124 e. The number of rotatable bonds is 6. The van der Waals surface area contributed by atoms with Crippen LogP contribution in [0.3, 0.4) is 0 Å². The quantitative estimate of drug-likeness (QED) is 0.767. The Labute approximate surface area is 150 Å². The van der Waals surface area contributed by atoms with Gasteiger partial charge in [0, 0.05) is 44.3 Å². The summed E-state index contributed by atoms with van der Waals surface area (Å²) in [7, 11) is 0. The van der Waals surface area contributed by atoms with Crippen LogP contribution in [-0.2, 0) is 6.54 Å². The summed E-state index contributed by atoms with van der Waals surface area (Å²) in [6.07, 6.45) is 3.85. The standard InChI is InChI=1S/C20H30N2O3/c1-2-13-25-20-6-4-3-5-16(20)14-21-10-9-18(19(24)15-21)22-11-7-17(23)8-12-22/h2-6,17-19,23-24H,1,7-15H2/t18-,19-/m1/s1. The maximum Gasteiger partial charge on any atom is 0.124 e. The van der Waals surface area contributed by atoms with Gasteiger partial charge in [0.2, 0.25) is 0 Å². The zero-order valence-electron chi connectivity index (χ0n) is 14.9. The summed E-state index contributed by atoms with van der Waals surface area (Å²) in [6.45, 7) is 8.42. The van der Waals surface area contributed by atoms with Crippen LogP contribution in [0.2, 0.25) is 0 Å². The zero-order chi connectivity index (χ0) is 17.6. The van der Waals surface area contributed by atoms with Crippen LogP contribution in [0.15, 0.2) is 36.9 Å². The number of ether oxygens (including phenoxy) is 1. The number of piperidine rings is 2. The van der Waals surface area contributed by atoms with E-state index in [-0.39, 0.29) is 18.2 Å². The van der Waals surface area contributed by atoms with Gasteiger partial charge in [-0.3, -0.25) is 9.80 Å². The first kappa shape index (κ1) is 18.4. The molecule has 0 bridgehead atoms. The van der Waals surface area contributed by atoms with Crippen molar-refractivity contribution >= 4 is 0 Å². The molecule has 0 aromatic heterocycles. The maximum atomic E-state index is 10.7. The lowest BCUT2D eigenvalue weighted by atomic mass is 9.96. The van der Waals surface area contributed by atoms with Crippen LogP contribution in [0.5, 0.6) is 5.75 Å². The summed E-state index contributed by atoms with van der Waals surface area (Å²) in [5, 5.41) is 20.3. The second-order valence-electron chi connectivity index (χ2n) is 7.13. The number of benzene rings is 1. The number of β-amino-alcohol motifs (C(OH)–C–C–N with tert-alkyl or cyclic N) is 1. The zero-order valence-corrected chi connectivity index (χ0v) is 14.9. The molecule has 2 atom stereocenters. The van der Waals surface area contributed by atoms with E-state index in [9.17, 15) is 10.2 Å². The van der Waals surface area contributed by atoms with E-state index in [2.05, 4.69) is 22.4 Å². The predicted molar refractivity (Wildman–Crippen MR) is 98.6 cm³/mol. The molecule has 0 amide bonds. The Hall–Kier alpha value is -1.40. The lowest BCUT2D eigenvalue weighted by Gasteiger charge is -2.43. The Balaban J connectivity index is 1.55. The number of aliphatic hydroxyl groups is 2. The van der Waals surface area contributed by atoms with Gasteiger partial charge in [0.05, 0.1) is 12.2 Å². The topological polar surface area (TPSA) is 56.2 Å². The van der Waals surface area contributed by atoms with E-state index in [0.717, 1.165) is 56.8 Å². The molecule has 3 rings (SSSR count). The third kappa shape index (κ3) is 4.82. The monoisotopic (exact) mass is 346 g/mol. The van der Waals surface area contributed by atoms with E-state index in [1.54, 1.807) is 6.08 Å². The van der Waals surface area contributed by atoms with Gasteiger partial charge in [0.15, 0.2) is 0 Å². The molecule has 138 valence electrons. The lowest BCUT2D eigenvalue weighted by molar-refractivity contribution is -0.0356. The minimum absolute atomic E-state index is 0.166. The first-order valence-corrected chi connectivity index (χ1v) is 9.31. The molecular formula is C20H30N2O3. The van der Waals surface area contributed by atoms with Crippen molar-refractivity contribution in [3.05, 3.63) is 42.5 Å². The number of para-hydroxylation sites is 1. The van der Waals surface area contributed by atoms with Crippen molar-refractivity contribution in [3.8, 4) is 5.75 Å². The third-order valence-corrected chi connectivity index (χ3v) is 5.32. The molecule has 5 nitrogen and oxygen atoms in total. The van der Waals surface area contributed by atoms with E-state index in [0.29, 0.717) is 13.2 Å². The molecule has 1 aromatic carbocycles. The molecule has 0 spiro atoms. The van der Waals surface area contributed by atoms with Gasteiger partial charge in [-0.2, -0.15) is 0 Å². The molecule has 25 heavy (non-hydrogen) atoms. The Kier molecular flexibility index (Phi) is 6.48. The van der Waals surface area contributed by atoms with E-state index in [1.807, 2.05) is 18.2 Å². The van der Waals surface area contributed by atoms with E-state index in [4.69, 9.17) is 4.74 Å². The Morgan fingerprint density at radius 3 is 2.60 bits per heavy atom.